The number of rotatable bonds is 2. The van der Waals surface area contributed by atoms with Crippen molar-refractivity contribution in [1.82, 2.24) is 0 Å². The Kier molecular flexibility index (Phi) is 3.76. The molecule has 0 saturated carbocycles. The van der Waals surface area contributed by atoms with Gasteiger partial charge in [-0.2, -0.15) is 0 Å². The van der Waals surface area contributed by atoms with Gasteiger partial charge in [0.05, 0.1) is 10.7 Å². The van der Waals surface area contributed by atoms with Crippen molar-refractivity contribution < 1.29 is 4.79 Å². The van der Waals surface area contributed by atoms with Crippen molar-refractivity contribution in [1.29, 1.82) is 0 Å². The van der Waals surface area contributed by atoms with E-state index in [1.807, 2.05) is 26.0 Å². The van der Waals surface area contributed by atoms with Gasteiger partial charge in [-0.3, -0.25) is 4.79 Å². The first-order valence-electron chi connectivity index (χ1n) is 5.91. The lowest BCUT2D eigenvalue weighted by molar-refractivity contribution is 0.102. The fourth-order valence-electron chi connectivity index (χ4n) is 1.80. The molecule has 2 aromatic carbocycles. The van der Waals surface area contributed by atoms with E-state index in [1.165, 1.54) is 0 Å². The smallest absolute Gasteiger partial charge is 0.255 e. The molecule has 0 aromatic heterocycles. The van der Waals surface area contributed by atoms with E-state index in [-0.39, 0.29) is 5.91 Å². The molecule has 0 unspecified atom stereocenters. The van der Waals surface area contributed by atoms with E-state index in [1.54, 1.807) is 24.3 Å². The zero-order valence-electron chi connectivity index (χ0n) is 10.8. The molecule has 0 aliphatic carbocycles. The van der Waals surface area contributed by atoms with Crippen molar-refractivity contribution in [2.45, 2.75) is 13.8 Å². The van der Waals surface area contributed by atoms with Crippen molar-refractivity contribution in [2.24, 2.45) is 0 Å². The summed E-state index contributed by atoms with van der Waals surface area (Å²) in [5.74, 6) is -0.151. The number of hydrogen-bond acceptors (Lipinski definition) is 2. The Labute approximate surface area is 117 Å². The average Bonchev–Trinajstić information content (AvgIpc) is 2.37. The van der Waals surface area contributed by atoms with Gasteiger partial charge in [-0.1, -0.05) is 23.7 Å². The van der Waals surface area contributed by atoms with Crippen LogP contribution in [-0.4, -0.2) is 5.91 Å². The molecule has 2 rings (SSSR count). The van der Waals surface area contributed by atoms with Gasteiger partial charge >= 0.3 is 0 Å². The molecule has 0 saturated heterocycles. The average molecular weight is 275 g/mol. The molecule has 0 atom stereocenters. The number of carbonyl (C=O) groups is 1. The standard InChI is InChI=1S/C15H15ClN2O/c1-9-4-3-5-12(10(9)2)15(19)18-11-6-7-14(17)13(16)8-11/h3-8H,17H2,1-2H3,(H,18,19). The van der Waals surface area contributed by atoms with Crippen molar-refractivity contribution in [3.05, 3.63) is 58.1 Å². The number of nitrogens with two attached hydrogens (primary N) is 1. The molecule has 3 N–H and O–H groups in total. The zero-order valence-corrected chi connectivity index (χ0v) is 11.6. The molecular formula is C15H15ClN2O. The minimum absolute atomic E-state index is 0.151. The van der Waals surface area contributed by atoms with Gasteiger partial charge in [0.2, 0.25) is 0 Å². The Morgan fingerprint density at radius 3 is 2.63 bits per heavy atom. The lowest BCUT2D eigenvalue weighted by Gasteiger charge is -2.10. The van der Waals surface area contributed by atoms with E-state index in [2.05, 4.69) is 5.32 Å². The molecule has 0 aliphatic rings. The van der Waals surface area contributed by atoms with E-state index in [0.717, 1.165) is 11.1 Å². The summed E-state index contributed by atoms with van der Waals surface area (Å²) in [4.78, 5) is 12.2. The molecule has 19 heavy (non-hydrogen) atoms. The second-order valence-electron chi connectivity index (χ2n) is 4.44. The molecule has 0 heterocycles. The molecule has 0 bridgehead atoms. The second kappa shape index (κ2) is 5.33. The maximum absolute atomic E-state index is 12.2. The van der Waals surface area contributed by atoms with Gasteiger partial charge in [-0.15, -0.1) is 0 Å². The third kappa shape index (κ3) is 2.88. The predicted octanol–water partition coefficient (Wildman–Crippen LogP) is 3.79. The number of carbonyl (C=O) groups excluding carboxylic acids is 1. The summed E-state index contributed by atoms with van der Waals surface area (Å²) in [5.41, 5.74) is 9.47. The number of benzene rings is 2. The van der Waals surface area contributed by atoms with E-state index >= 15 is 0 Å². The predicted molar refractivity (Wildman–Crippen MR) is 79.7 cm³/mol. The molecule has 0 spiro atoms. The summed E-state index contributed by atoms with van der Waals surface area (Å²) >= 11 is 5.92. The summed E-state index contributed by atoms with van der Waals surface area (Å²) < 4.78 is 0. The molecule has 3 nitrogen and oxygen atoms in total. The van der Waals surface area contributed by atoms with Crippen LogP contribution in [0.1, 0.15) is 21.5 Å². The number of nitrogen functional groups attached to an aromatic ring is 1. The first-order valence-corrected chi connectivity index (χ1v) is 6.29. The van der Waals surface area contributed by atoms with Crippen LogP contribution in [0.4, 0.5) is 11.4 Å². The lowest BCUT2D eigenvalue weighted by Crippen LogP contribution is -2.13. The van der Waals surface area contributed by atoms with Crippen molar-refractivity contribution in [2.75, 3.05) is 11.1 Å². The SMILES string of the molecule is Cc1cccc(C(=O)Nc2ccc(N)c(Cl)c2)c1C. The maximum atomic E-state index is 12.2. The van der Waals surface area contributed by atoms with Gasteiger partial charge < -0.3 is 11.1 Å². The fraction of sp³-hybridized carbons (Fsp3) is 0.133. The number of nitrogens with one attached hydrogen (secondary N) is 1. The Morgan fingerprint density at radius 1 is 1.21 bits per heavy atom. The van der Waals surface area contributed by atoms with Gasteiger partial charge in [-0.05, 0) is 49.2 Å². The van der Waals surface area contributed by atoms with Crippen LogP contribution in [0.3, 0.4) is 0 Å². The minimum atomic E-state index is -0.151. The normalized spacial score (nSPS) is 10.3. The van der Waals surface area contributed by atoms with Crippen molar-refractivity contribution in [3.63, 3.8) is 0 Å². The summed E-state index contributed by atoms with van der Waals surface area (Å²) in [6.07, 6.45) is 0. The highest BCUT2D eigenvalue weighted by atomic mass is 35.5. The summed E-state index contributed by atoms with van der Waals surface area (Å²) in [6.45, 7) is 3.91. The van der Waals surface area contributed by atoms with Crippen LogP contribution in [0.5, 0.6) is 0 Å². The number of hydrogen-bond donors (Lipinski definition) is 2. The molecule has 0 fully saturated rings. The highest BCUT2D eigenvalue weighted by Gasteiger charge is 2.10. The van der Waals surface area contributed by atoms with Crippen LogP contribution in [0.25, 0.3) is 0 Å². The van der Waals surface area contributed by atoms with Gasteiger partial charge in [0.1, 0.15) is 0 Å². The molecule has 0 radical (unpaired) electrons. The summed E-state index contributed by atoms with van der Waals surface area (Å²) in [5, 5.41) is 3.24. The van der Waals surface area contributed by atoms with E-state index in [9.17, 15) is 4.79 Å². The lowest BCUT2D eigenvalue weighted by atomic mass is 10.0. The van der Waals surface area contributed by atoms with Crippen molar-refractivity contribution in [3.8, 4) is 0 Å². The van der Waals surface area contributed by atoms with Gasteiger partial charge in [0.15, 0.2) is 0 Å². The summed E-state index contributed by atoms with van der Waals surface area (Å²) in [6, 6.07) is 10.7. The largest absolute Gasteiger partial charge is 0.398 e. The van der Waals surface area contributed by atoms with Crippen LogP contribution in [0.15, 0.2) is 36.4 Å². The Morgan fingerprint density at radius 2 is 1.95 bits per heavy atom. The molecule has 0 aliphatic heterocycles. The fourth-order valence-corrected chi connectivity index (χ4v) is 1.98. The third-order valence-corrected chi connectivity index (χ3v) is 3.43. The highest BCUT2D eigenvalue weighted by Crippen LogP contribution is 2.23. The Bertz CT molecular complexity index is 638. The second-order valence-corrected chi connectivity index (χ2v) is 4.85. The maximum Gasteiger partial charge on any atom is 0.255 e. The Balaban J connectivity index is 2.26. The van der Waals surface area contributed by atoms with Crippen LogP contribution < -0.4 is 11.1 Å². The quantitative estimate of drug-likeness (QED) is 0.819. The van der Waals surface area contributed by atoms with Gasteiger partial charge in [0, 0.05) is 11.3 Å². The number of anilines is 2. The van der Waals surface area contributed by atoms with Crippen LogP contribution in [0.2, 0.25) is 5.02 Å². The van der Waals surface area contributed by atoms with Crippen molar-refractivity contribution >= 4 is 28.9 Å². The van der Waals surface area contributed by atoms with E-state index < -0.39 is 0 Å². The highest BCUT2D eigenvalue weighted by molar-refractivity contribution is 6.33. The number of aryl methyl sites for hydroxylation is 1. The van der Waals surface area contributed by atoms with E-state index in [4.69, 9.17) is 17.3 Å². The minimum Gasteiger partial charge on any atom is -0.398 e. The topological polar surface area (TPSA) is 55.1 Å². The zero-order chi connectivity index (χ0) is 14.0. The van der Waals surface area contributed by atoms with Crippen LogP contribution in [-0.2, 0) is 0 Å². The van der Waals surface area contributed by atoms with Crippen LogP contribution in [0, 0.1) is 13.8 Å². The van der Waals surface area contributed by atoms with E-state index in [0.29, 0.717) is 22.0 Å². The van der Waals surface area contributed by atoms with Gasteiger partial charge in [0.25, 0.3) is 5.91 Å². The van der Waals surface area contributed by atoms with Crippen LogP contribution >= 0.6 is 11.6 Å². The molecular weight excluding hydrogens is 260 g/mol. The first kappa shape index (κ1) is 13.4. The first-order chi connectivity index (χ1) is 8.99. The third-order valence-electron chi connectivity index (χ3n) is 3.11. The molecule has 98 valence electrons. The number of amides is 1. The monoisotopic (exact) mass is 274 g/mol. The molecule has 1 amide bonds. The number of halogens is 1. The van der Waals surface area contributed by atoms with Gasteiger partial charge in [-0.25, -0.2) is 0 Å². The summed E-state index contributed by atoms with van der Waals surface area (Å²) in [7, 11) is 0. The molecule has 2 aromatic rings. The Hall–Kier alpha value is -2.00. The molecule has 4 heteroatoms.